The van der Waals surface area contributed by atoms with Crippen molar-refractivity contribution in [3.8, 4) is 11.5 Å². The summed E-state index contributed by atoms with van der Waals surface area (Å²) in [6.07, 6.45) is 8.85. The number of rotatable bonds is 4. The lowest BCUT2D eigenvalue weighted by Gasteiger charge is -2.38. The fourth-order valence-electron chi connectivity index (χ4n) is 3.53. The third kappa shape index (κ3) is 4.14. The van der Waals surface area contributed by atoms with E-state index in [1.54, 1.807) is 6.20 Å². The van der Waals surface area contributed by atoms with Gasteiger partial charge in [-0.05, 0) is 55.6 Å². The number of hydrogen-bond acceptors (Lipinski definition) is 3. The largest absolute Gasteiger partial charge is 0.456 e. The summed E-state index contributed by atoms with van der Waals surface area (Å²) >= 11 is 6.03. The fraction of sp³-hybridized carbons (Fsp3) is 0.450. The Bertz CT molecular complexity index is 720. The van der Waals surface area contributed by atoms with Gasteiger partial charge in [0.05, 0.1) is 12.2 Å². The van der Waals surface area contributed by atoms with Gasteiger partial charge in [0.1, 0.15) is 11.5 Å². The third-order valence-corrected chi connectivity index (χ3v) is 5.34. The monoisotopic (exact) mass is 356 g/mol. The number of aromatic nitrogens is 1. The zero-order chi connectivity index (χ0) is 17.1. The molecule has 0 N–H and O–H groups in total. The zero-order valence-corrected chi connectivity index (χ0v) is 15.0. The highest BCUT2D eigenvalue weighted by molar-refractivity contribution is 6.30. The molecule has 2 aliphatic rings. The molecule has 0 amide bonds. The van der Waals surface area contributed by atoms with E-state index in [0.717, 1.165) is 49.2 Å². The zero-order valence-electron chi connectivity index (χ0n) is 14.3. The molecule has 0 spiro atoms. The van der Waals surface area contributed by atoms with Gasteiger partial charge < -0.3 is 4.74 Å². The molecule has 25 heavy (non-hydrogen) atoms. The average Bonchev–Trinajstić information content (AvgIpc) is 2.80. The molecular weight excluding hydrogens is 334 g/mol. The van der Waals surface area contributed by atoms with Gasteiger partial charge in [0.25, 0.3) is 0 Å². The highest BCUT2D eigenvalue weighted by Gasteiger charge is 2.29. The van der Waals surface area contributed by atoms with Gasteiger partial charge >= 0.3 is 0 Å². The van der Waals surface area contributed by atoms with Crippen molar-refractivity contribution in [2.45, 2.75) is 37.8 Å². The number of nitrogens with zero attached hydrogens (tertiary/aromatic N) is 3. The molecule has 1 saturated carbocycles. The number of halogens is 1. The van der Waals surface area contributed by atoms with Gasteiger partial charge in [0.15, 0.2) is 0 Å². The SMILES string of the molecule is Clc1cccc(Oc2cncc(C3CN(C4CCC4)CCC[N]3)c2)c1. The molecule has 0 bridgehead atoms. The minimum Gasteiger partial charge on any atom is -0.456 e. The highest BCUT2D eigenvalue weighted by atomic mass is 35.5. The van der Waals surface area contributed by atoms with E-state index in [0.29, 0.717) is 5.02 Å². The van der Waals surface area contributed by atoms with Gasteiger partial charge in [0, 0.05) is 30.4 Å². The van der Waals surface area contributed by atoms with E-state index in [1.807, 2.05) is 30.5 Å². The van der Waals surface area contributed by atoms with Crippen LogP contribution in [0.25, 0.3) is 0 Å². The summed E-state index contributed by atoms with van der Waals surface area (Å²) in [5.41, 5.74) is 1.13. The smallest absolute Gasteiger partial charge is 0.146 e. The van der Waals surface area contributed by atoms with Crippen molar-refractivity contribution in [2.24, 2.45) is 0 Å². The van der Waals surface area contributed by atoms with Crippen molar-refractivity contribution in [3.63, 3.8) is 0 Å². The van der Waals surface area contributed by atoms with E-state index in [1.165, 1.54) is 19.3 Å². The van der Waals surface area contributed by atoms with Gasteiger partial charge in [0.2, 0.25) is 0 Å². The first-order valence-corrected chi connectivity index (χ1v) is 9.45. The maximum atomic E-state index is 6.03. The predicted octanol–water partition coefficient (Wildman–Crippen LogP) is 4.43. The quantitative estimate of drug-likeness (QED) is 0.813. The van der Waals surface area contributed by atoms with Crippen LogP contribution in [0.5, 0.6) is 11.5 Å². The first-order valence-electron chi connectivity index (χ1n) is 9.07. The predicted molar refractivity (Wildman–Crippen MR) is 99.3 cm³/mol. The van der Waals surface area contributed by atoms with Crippen molar-refractivity contribution in [1.29, 1.82) is 0 Å². The van der Waals surface area contributed by atoms with Crippen LogP contribution in [0.1, 0.15) is 37.3 Å². The third-order valence-electron chi connectivity index (χ3n) is 5.10. The van der Waals surface area contributed by atoms with Crippen LogP contribution >= 0.6 is 11.6 Å². The van der Waals surface area contributed by atoms with Crippen LogP contribution in [-0.4, -0.2) is 35.6 Å². The summed E-state index contributed by atoms with van der Waals surface area (Å²) in [5, 5.41) is 5.55. The minimum absolute atomic E-state index is 0.179. The molecule has 5 heteroatoms. The molecule has 1 aromatic heterocycles. The normalized spacial score (nSPS) is 22.2. The Morgan fingerprint density at radius 3 is 2.80 bits per heavy atom. The van der Waals surface area contributed by atoms with Crippen LogP contribution in [0.2, 0.25) is 5.02 Å². The second kappa shape index (κ2) is 7.73. The average molecular weight is 357 g/mol. The Labute approximate surface area is 154 Å². The lowest BCUT2D eigenvalue weighted by Crippen LogP contribution is -2.42. The molecule has 2 fully saturated rings. The Balaban J connectivity index is 1.49. The Hall–Kier alpha value is -1.62. The van der Waals surface area contributed by atoms with Crippen LogP contribution in [0.15, 0.2) is 42.7 Å². The second-order valence-corrected chi connectivity index (χ2v) is 7.31. The van der Waals surface area contributed by atoms with E-state index in [-0.39, 0.29) is 6.04 Å². The first-order chi connectivity index (χ1) is 12.3. The van der Waals surface area contributed by atoms with Crippen molar-refractivity contribution < 1.29 is 4.74 Å². The van der Waals surface area contributed by atoms with Crippen LogP contribution in [0.3, 0.4) is 0 Å². The molecule has 1 radical (unpaired) electrons. The standard InChI is InChI=1S/C20H23ClN3O/c21-16-4-1-7-18(11-16)25-19-10-15(12-22-13-19)20-14-24(9-3-8-23-20)17-5-2-6-17/h1,4,7,10-13,17,20H,2-3,5-6,8-9,14H2. The molecule has 1 aromatic carbocycles. The summed E-state index contributed by atoms with van der Waals surface area (Å²) in [6, 6.07) is 10.4. The van der Waals surface area contributed by atoms with E-state index < -0.39 is 0 Å². The lowest BCUT2D eigenvalue weighted by atomic mass is 9.91. The molecule has 4 nitrogen and oxygen atoms in total. The molecule has 2 aromatic rings. The Kier molecular flexibility index (Phi) is 5.20. The van der Waals surface area contributed by atoms with Crippen molar-refractivity contribution in [2.75, 3.05) is 19.6 Å². The molecule has 2 heterocycles. The van der Waals surface area contributed by atoms with Crippen molar-refractivity contribution in [3.05, 3.63) is 53.3 Å². The summed E-state index contributed by atoms with van der Waals surface area (Å²) in [6.45, 7) is 3.08. The number of ether oxygens (including phenoxy) is 1. The summed E-state index contributed by atoms with van der Waals surface area (Å²) in [7, 11) is 0. The number of benzene rings is 1. The lowest BCUT2D eigenvalue weighted by molar-refractivity contribution is 0.125. The highest BCUT2D eigenvalue weighted by Crippen LogP contribution is 2.30. The van der Waals surface area contributed by atoms with Crippen molar-refractivity contribution >= 4 is 11.6 Å². The fourth-order valence-corrected chi connectivity index (χ4v) is 3.71. The number of pyridine rings is 1. The molecule has 1 aliphatic carbocycles. The molecule has 1 saturated heterocycles. The number of hydrogen-bond donors (Lipinski definition) is 0. The van der Waals surface area contributed by atoms with Gasteiger partial charge in [-0.1, -0.05) is 24.1 Å². The van der Waals surface area contributed by atoms with Gasteiger partial charge in [-0.2, -0.15) is 0 Å². The Morgan fingerprint density at radius 2 is 2.00 bits per heavy atom. The van der Waals surface area contributed by atoms with Crippen LogP contribution in [-0.2, 0) is 0 Å². The summed E-state index contributed by atoms with van der Waals surface area (Å²) in [4.78, 5) is 7.00. The van der Waals surface area contributed by atoms with Crippen LogP contribution in [0.4, 0.5) is 0 Å². The minimum atomic E-state index is 0.179. The topological polar surface area (TPSA) is 39.5 Å². The molecule has 131 valence electrons. The Morgan fingerprint density at radius 1 is 1.08 bits per heavy atom. The van der Waals surface area contributed by atoms with Crippen molar-refractivity contribution in [1.82, 2.24) is 15.2 Å². The van der Waals surface area contributed by atoms with Gasteiger partial charge in [-0.15, -0.1) is 0 Å². The summed E-state index contributed by atoms with van der Waals surface area (Å²) < 4.78 is 5.93. The van der Waals surface area contributed by atoms with E-state index in [2.05, 4.69) is 16.0 Å². The first kappa shape index (κ1) is 16.8. The molecule has 1 aliphatic heterocycles. The van der Waals surface area contributed by atoms with E-state index in [4.69, 9.17) is 21.7 Å². The van der Waals surface area contributed by atoms with Gasteiger partial charge in [-0.25, -0.2) is 5.32 Å². The molecular formula is C20H23ClN3O. The molecule has 1 unspecified atom stereocenters. The molecule has 1 atom stereocenters. The van der Waals surface area contributed by atoms with Crippen LogP contribution < -0.4 is 10.1 Å². The van der Waals surface area contributed by atoms with Crippen LogP contribution in [0, 0.1) is 0 Å². The van der Waals surface area contributed by atoms with Gasteiger partial charge in [-0.3, -0.25) is 9.88 Å². The maximum absolute atomic E-state index is 6.03. The second-order valence-electron chi connectivity index (χ2n) is 6.87. The summed E-state index contributed by atoms with van der Waals surface area (Å²) in [5.74, 6) is 1.45. The molecule has 4 rings (SSSR count). The van der Waals surface area contributed by atoms with E-state index >= 15 is 0 Å². The van der Waals surface area contributed by atoms with E-state index in [9.17, 15) is 0 Å². The maximum Gasteiger partial charge on any atom is 0.146 e.